The van der Waals surface area contributed by atoms with E-state index in [1.165, 1.54) is 0 Å². The fourth-order valence-corrected chi connectivity index (χ4v) is 1.89. The number of rotatable bonds is 4. The van der Waals surface area contributed by atoms with E-state index in [9.17, 15) is 18.0 Å². The van der Waals surface area contributed by atoms with Crippen molar-refractivity contribution in [2.75, 3.05) is 6.54 Å². The van der Waals surface area contributed by atoms with Crippen molar-refractivity contribution in [2.45, 2.75) is 39.5 Å². The Morgan fingerprint density at radius 1 is 1.40 bits per heavy atom. The number of nitrogens with one attached hydrogen (secondary N) is 2. The summed E-state index contributed by atoms with van der Waals surface area (Å²) in [5.74, 6) is 0. The highest BCUT2D eigenvalue weighted by molar-refractivity contribution is 6.32. The number of hydrogen-bond acceptors (Lipinski definition) is 2. The topological polar surface area (TPSA) is 59.0 Å². The van der Waals surface area contributed by atoms with Gasteiger partial charge in [0.1, 0.15) is 5.69 Å². The molecule has 0 aliphatic carbocycles. The van der Waals surface area contributed by atoms with Gasteiger partial charge in [0, 0.05) is 12.6 Å². The number of alkyl halides is 3. The van der Waals surface area contributed by atoms with Gasteiger partial charge in [-0.25, -0.2) is 4.79 Å². The smallest absolute Gasteiger partial charge is 0.338 e. The summed E-state index contributed by atoms with van der Waals surface area (Å²) >= 11 is 5.74. The lowest BCUT2D eigenvalue weighted by Gasteiger charge is -2.13. The van der Waals surface area contributed by atoms with Gasteiger partial charge in [0.05, 0.1) is 11.6 Å². The molecule has 0 aliphatic heterocycles. The molecule has 0 saturated heterocycles. The zero-order valence-electron chi connectivity index (χ0n) is 11.3. The monoisotopic (exact) mass is 312 g/mol. The second kappa shape index (κ2) is 6.34. The van der Waals surface area contributed by atoms with Crippen molar-refractivity contribution in [1.29, 1.82) is 0 Å². The molecule has 0 aromatic carbocycles. The maximum absolute atomic E-state index is 13.0. The molecule has 1 aromatic rings. The largest absolute Gasteiger partial charge is 0.434 e. The molecule has 114 valence electrons. The Labute approximate surface area is 119 Å². The molecule has 0 unspecified atom stereocenters. The summed E-state index contributed by atoms with van der Waals surface area (Å²) in [6.07, 6.45) is -4.60. The minimum absolute atomic E-state index is 0.0149. The number of hydrogen-bond donors (Lipinski definition) is 2. The molecule has 1 heterocycles. The maximum Gasteiger partial charge on any atom is 0.434 e. The number of amides is 2. The van der Waals surface area contributed by atoms with Crippen LogP contribution in [0.3, 0.4) is 0 Å². The van der Waals surface area contributed by atoms with E-state index < -0.39 is 29.0 Å². The van der Waals surface area contributed by atoms with E-state index in [-0.39, 0.29) is 12.2 Å². The third-order valence-corrected chi connectivity index (χ3v) is 2.83. The highest BCUT2D eigenvalue weighted by Gasteiger charge is 2.40. The van der Waals surface area contributed by atoms with Crippen molar-refractivity contribution in [2.24, 2.45) is 0 Å². The van der Waals surface area contributed by atoms with Gasteiger partial charge in [-0.2, -0.15) is 18.3 Å². The summed E-state index contributed by atoms with van der Waals surface area (Å²) < 4.78 is 39.7. The quantitative estimate of drug-likeness (QED) is 0.898. The zero-order valence-corrected chi connectivity index (χ0v) is 12.1. The van der Waals surface area contributed by atoms with Crippen LogP contribution in [0.5, 0.6) is 0 Å². The molecule has 1 rings (SSSR count). The van der Waals surface area contributed by atoms with Gasteiger partial charge in [-0.3, -0.25) is 4.68 Å². The van der Waals surface area contributed by atoms with Gasteiger partial charge in [0.25, 0.3) is 0 Å². The van der Waals surface area contributed by atoms with E-state index in [2.05, 4.69) is 15.7 Å². The van der Waals surface area contributed by atoms with Gasteiger partial charge < -0.3 is 10.6 Å². The van der Waals surface area contributed by atoms with Crippen LogP contribution in [-0.2, 0) is 12.7 Å². The summed E-state index contributed by atoms with van der Waals surface area (Å²) in [6.45, 7) is 5.10. The first-order chi connectivity index (χ1) is 9.18. The minimum Gasteiger partial charge on any atom is -0.338 e. The summed E-state index contributed by atoms with van der Waals surface area (Å²) in [5.41, 5.74) is -1.01. The fourth-order valence-electron chi connectivity index (χ4n) is 1.59. The SMILES string of the molecule is CCNC(=O)NCc1nn(C(C)C)c(C(F)(F)F)c1Cl. The van der Waals surface area contributed by atoms with E-state index >= 15 is 0 Å². The summed E-state index contributed by atoms with van der Waals surface area (Å²) in [7, 11) is 0. The molecule has 20 heavy (non-hydrogen) atoms. The maximum atomic E-state index is 13.0. The van der Waals surface area contributed by atoms with Crippen molar-refractivity contribution in [3.63, 3.8) is 0 Å². The third kappa shape index (κ3) is 3.78. The lowest BCUT2D eigenvalue weighted by Crippen LogP contribution is -2.34. The lowest BCUT2D eigenvalue weighted by atomic mass is 10.3. The highest BCUT2D eigenvalue weighted by Crippen LogP contribution is 2.37. The Balaban J connectivity index is 3.02. The third-order valence-electron chi connectivity index (χ3n) is 2.43. The van der Waals surface area contributed by atoms with Gasteiger partial charge in [-0.05, 0) is 20.8 Å². The van der Waals surface area contributed by atoms with Crippen LogP contribution in [-0.4, -0.2) is 22.4 Å². The molecule has 5 nitrogen and oxygen atoms in total. The standard InChI is InChI=1S/C11H16ClF3N4O/c1-4-16-10(20)17-5-7-8(12)9(11(13,14)15)19(18-7)6(2)3/h6H,4-5H2,1-3H3,(H2,16,17,20). The zero-order chi connectivity index (χ0) is 15.5. The van der Waals surface area contributed by atoms with Crippen LogP contribution in [0.2, 0.25) is 5.02 Å². The predicted octanol–water partition coefficient (Wildman–Crippen LogP) is 2.96. The molecule has 0 bridgehead atoms. The second-order valence-corrected chi connectivity index (χ2v) is 4.74. The molecular formula is C11H16ClF3N4O. The molecule has 9 heteroatoms. The van der Waals surface area contributed by atoms with Crippen molar-refractivity contribution in [3.8, 4) is 0 Å². The molecule has 2 N–H and O–H groups in total. The van der Waals surface area contributed by atoms with Crippen LogP contribution in [0, 0.1) is 0 Å². The highest BCUT2D eigenvalue weighted by atomic mass is 35.5. The molecule has 0 atom stereocenters. The first-order valence-corrected chi connectivity index (χ1v) is 6.42. The number of nitrogens with zero attached hydrogens (tertiary/aromatic N) is 2. The number of carbonyl (C=O) groups excluding carboxylic acids is 1. The molecule has 1 aromatic heterocycles. The number of halogens is 4. The summed E-state index contributed by atoms with van der Waals surface area (Å²) in [4.78, 5) is 11.2. The van der Waals surface area contributed by atoms with E-state index in [1.54, 1.807) is 20.8 Å². The van der Waals surface area contributed by atoms with Crippen molar-refractivity contribution < 1.29 is 18.0 Å². The average molecular weight is 313 g/mol. The van der Waals surface area contributed by atoms with Crippen LogP contribution in [0.15, 0.2) is 0 Å². The molecule has 2 amide bonds. The van der Waals surface area contributed by atoms with E-state index in [0.717, 1.165) is 4.68 Å². The predicted molar refractivity (Wildman–Crippen MR) is 68.5 cm³/mol. The molecule has 0 saturated carbocycles. The van der Waals surface area contributed by atoms with Crippen molar-refractivity contribution in [3.05, 3.63) is 16.4 Å². The first-order valence-electron chi connectivity index (χ1n) is 6.04. The van der Waals surface area contributed by atoms with Gasteiger partial charge in [-0.1, -0.05) is 11.6 Å². The minimum atomic E-state index is -4.60. The lowest BCUT2D eigenvalue weighted by molar-refractivity contribution is -0.144. The first kappa shape index (κ1) is 16.6. The molecule has 0 radical (unpaired) electrons. The van der Waals surface area contributed by atoms with Crippen LogP contribution in [0.4, 0.5) is 18.0 Å². The summed E-state index contributed by atoms with van der Waals surface area (Å²) in [5, 5.41) is 8.20. The fraction of sp³-hybridized carbons (Fsp3) is 0.636. The van der Waals surface area contributed by atoms with Crippen LogP contribution < -0.4 is 10.6 Å². The number of carbonyl (C=O) groups is 1. The Hall–Kier alpha value is -1.44. The van der Waals surface area contributed by atoms with Crippen LogP contribution in [0.1, 0.15) is 38.2 Å². The van der Waals surface area contributed by atoms with Crippen LogP contribution in [0.25, 0.3) is 0 Å². The Kier molecular flexibility index (Phi) is 5.27. The van der Waals surface area contributed by atoms with Gasteiger partial charge in [0.15, 0.2) is 5.69 Å². The van der Waals surface area contributed by atoms with Gasteiger partial charge in [-0.15, -0.1) is 0 Å². The number of urea groups is 1. The molecular weight excluding hydrogens is 297 g/mol. The van der Waals surface area contributed by atoms with E-state index in [4.69, 9.17) is 11.6 Å². The normalized spacial score (nSPS) is 11.8. The van der Waals surface area contributed by atoms with E-state index in [0.29, 0.717) is 6.54 Å². The number of aromatic nitrogens is 2. The Morgan fingerprint density at radius 3 is 2.40 bits per heavy atom. The second-order valence-electron chi connectivity index (χ2n) is 4.36. The van der Waals surface area contributed by atoms with Crippen molar-refractivity contribution >= 4 is 17.6 Å². The molecule has 0 fully saturated rings. The van der Waals surface area contributed by atoms with Gasteiger partial charge in [0.2, 0.25) is 0 Å². The average Bonchev–Trinajstić information content (AvgIpc) is 2.64. The Morgan fingerprint density at radius 2 is 2.00 bits per heavy atom. The van der Waals surface area contributed by atoms with Crippen molar-refractivity contribution in [1.82, 2.24) is 20.4 Å². The molecule has 0 aliphatic rings. The van der Waals surface area contributed by atoms with Crippen LogP contribution >= 0.6 is 11.6 Å². The van der Waals surface area contributed by atoms with Gasteiger partial charge >= 0.3 is 12.2 Å². The van der Waals surface area contributed by atoms with E-state index in [1.807, 2.05) is 0 Å². The molecule has 0 spiro atoms. The Bertz CT molecular complexity index is 485. The summed E-state index contributed by atoms with van der Waals surface area (Å²) in [6, 6.07) is -0.987.